The van der Waals surface area contributed by atoms with Crippen LogP contribution in [0.5, 0.6) is 11.5 Å². The van der Waals surface area contributed by atoms with Crippen molar-refractivity contribution >= 4 is 23.2 Å². The van der Waals surface area contributed by atoms with E-state index < -0.39 is 64.7 Å². The Kier molecular flexibility index (Phi) is 7.02. The van der Waals surface area contributed by atoms with Gasteiger partial charge in [-0.05, 0) is 46.0 Å². The highest BCUT2D eigenvalue weighted by atomic mass is 19.1. The number of alkyl halides is 1. The summed E-state index contributed by atoms with van der Waals surface area (Å²) in [6.45, 7) is -0.178. The number of methoxy groups -OCH3 is 1. The molecule has 1 aromatic rings. The van der Waals surface area contributed by atoms with Gasteiger partial charge in [-0.3, -0.25) is 24.2 Å². The van der Waals surface area contributed by atoms with Crippen molar-refractivity contribution < 1.29 is 43.9 Å². The summed E-state index contributed by atoms with van der Waals surface area (Å²) in [6, 6.07) is 0.196. The summed E-state index contributed by atoms with van der Waals surface area (Å²) in [5.74, 6) is -6.80. The Morgan fingerprint density at radius 1 is 1.24 bits per heavy atom. The molecule has 1 aromatic carbocycles. The lowest BCUT2D eigenvalue weighted by Crippen LogP contribution is -2.65. The molecule has 0 radical (unpaired) electrons. The lowest BCUT2D eigenvalue weighted by atomic mass is 9.57. The lowest BCUT2D eigenvalue weighted by Gasteiger charge is -2.50. The van der Waals surface area contributed by atoms with E-state index >= 15 is 0 Å². The second-order valence-electron chi connectivity index (χ2n) is 10.3. The van der Waals surface area contributed by atoms with E-state index in [9.17, 15) is 39.2 Å². The molecule has 11 nitrogen and oxygen atoms in total. The number of nitrogens with two attached hydrogens (primary N) is 1. The fraction of sp³-hybridized carbons (Fsp3) is 0.500. The van der Waals surface area contributed by atoms with Gasteiger partial charge in [0.05, 0.1) is 18.7 Å². The molecule has 38 heavy (non-hydrogen) atoms. The number of amides is 1. The second kappa shape index (κ2) is 9.68. The first kappa shape index (κ1) is 27.6. The van der Waals surface area contributed by atoms with Crippen molar-refractivity contribution in [3.8, 4) is 11.5 Å². The third kappa shape index (κ3) is 3.86. The molecule has 1 saturated carbocycles. The number of carbonyl (C=O) groups is 3. The first-order valence-corrected chi connectivity index (χ1v) is 12.1. The zero-order valence-corrected chi connectivity index (χ0v) is 21.6. The molecule has 0 aromatic heterocycles. The van der Waals surface area contributed by atoms with Gasteiger partial charge < -0.3 is 30.9 Å². The van der Waals surface area contributed by atoms with Crippen LogP contribution < -0.4 is 10.5 Å². The van der Waals surface area contributed by atoms with Gasteiger partial charge in [-0.25, -0.2) is 4.39 Å². The van der Waals surface area contributed by atoms with Crippen molar-refractivity contribution in [1.82, 2.24) is 9.80 Å². The molecule has 206 valence electrons. The van der Waals surface area contributed by atoms with Crippen molar-refractivity contribution in [3.05, 3.63) is 39.7 Å². The molecule has 1 amide bonds. The largest absolute Gasteiger partial charge is 0.508 e. The van der Waals surface area contributed by atoms with Crippen molar-refractivity contribution in [3.63, 3.8) is 0 Å². The number of aliphatic hydroxyl groups is 3. The minimum Gasteiger partial charge on any atom is -0.508 e. The molecule has 3 aliphatic rings. The summed E-state index contributed by atoms with van der Waals surface area (Å²) in [7, 11) is 6.19. The van der Waals surface area contributed by atoms with Gasteiger partial charge in [0.25, 0.3) is 5.91 Å². The highest BCUT2D eigenvalue weighted by molar-refractivity contribution is 6.24. The average Bonchev–Trinajstić information content (AvgIpc) is 2.81. The first-order chi connectivity index (χ1) is 17.8. The fourth-order valence-electron chi connectivity index (χ4n) is 6.24. The van der Waals surface area contributed by atoms with E-state index in [0.29, 0.717) is 16.9 Å². The number of likely N-dealkylation sites (N-methyl/N-ethyl adjacent to an activating group) is 1. The number of nitrogens with zero attached hydrogens (tertiary/aromatic N) is 2. The summed E-state index contributed by atoms with van der Waals surface area (Å²) in [6.07, 6.45) is 0.0770. The molecule has 6 N–H and O–H groups in total. The Morgan fingerprint density at radius 2 is 1.89 bits per heavy atom. The number of Topliss-reactive ketones (excluding diaryl/α,β-unsaturated/α-hetero) is 2. The van der Waals surface area contributed by atoms with Crippen LogP contribution in [-0.4, -0.2) is 101 Å². The number of rotatable bonds is 7. The third-order valence-electron chi connectivity index (χ3n) is 7.86. The molecular weight excluding hydrogens is 501 g/mol. The number of primary amides is 1. The van der Waals surface area contributed by atoms with Crippen LogP contribution in [-0.2, 0) is 27.3 Å². The van der Waals surface area contributed by atoms with Crippen LogP contribution in [0, 0.1) is 11.8 Å². The van der Waals surface area contributed by atoms with Gasteiger partial charge in [0.15, 0.2) is 11.4 Å². The van der Waals surface area contributed by atoms with Gasteiger partial charge in [0.1, 0.15) is 35.3 Å². The van der Waals surface area contributed by atoms with Crippen LogP contribution >= 0.6 is 0 Å². The monoisotopic (exact) mass is 533 g/mol. The van der Waals surface area contributed by atoms with E-state index in [2.05, 4.69) is 0 Å². The number of aliphatic hydroxyl groups excluding tert-OH is 2. The molecular formula is C26H32FN3O8. The number of phenolic OH excluding ortho intramolecular Hbond substituents is 1. The van der Waals surface area contributed by atoms with Crippen molar-refractivity contribution in [2.45, 2.75) is 31.0 Å². The van der Waals surface area contributed by atoms with Crippen molar-refractivity contribution in [2.75, 3.05) is 41.5 Å². The van der Waals surface area contributed by atoms with E-state index in [0.717, 1.165) is 0 Å². The maximum atomic E-state index is 13.8. The molecule has 0 unspecified atom stereocenters. The topological polar surface area (TPSA) is 174 Å². The molecule has 3 aliphatic carbocycles. The zero-order valence-electron chi connectivity index (χ0n) is 21.6. The minimum atomic E-state index is -2.70. The number of ketones is 2. The van der Waals surface area contributed by atoms with Crippen LogP contribution in [0.1, 0.15) is 23.1 Å². The SMILES string of the molecule is COc1c(CN(C)CCF)cc(O)c2c1C[C@H]1C[C@H]3[C@H](N(C)C)C(=O)C(C(N)=O)=C(O)[C@@]3(O)C(=O)C1=C2O. The Hall–Kier alpha value is -3.48. The number of benzene rings is 1. The zero-order chi connectivity index (χ0) is 28.3. The highest BCUT2D eigenvalue weighted by Gasteiger charge is 2.64. The number of halogens is 1. The summed E-state index contributed by atoms with van der Waals surface area (Å²) in [5, 5.41) is 44.7. The molecule has 0 heterocycles. The summed E-state index contributed by atoms with van der Waals surface area (Å²) in [5.41, 5.74) is 2.43. The standard InChI is InChI=1S/C26H32FN3O8/c1-29(2)19-14-8-11-7-13-17(15(31)9-12(22(13)38-4)10-30(3)6-5-27)20(32)16(11)23(34)26(14,37)24(35)18(21(19)33)25(28)36/h9,11,14,19,31-32,35,37H,5-8,10H2,1-4H3,(H2,28,36)/t11-,14-,19-,26-/m0/s1. The van der Waals surface area contributed by atoms with Crippen LogP contribution in [0.3, 0.4) is 0 Å². The van der Waals surface area contributed by atoms with Gasteiger partial charge in [0.2, 0.25) is 5.78 Å². The maximum absolute atomic E-state index is 13.8. The van der Waals surface area contributed by atoms with Crippen molar-refractivity contribution in [2.24, 2.45) is 17.6 Å². The molecule has 0 bridgehead atoms. The number of ether oxygens (including phenoxy) is 1. The number of fused-ring (bicyclic) bond motifs is 3. The van der Waals surface area contributed by atoms with Crippen molar-refractivity contribution in [1.29, 1.82) is 0 Å². The predicted molar refractivity (Wildman–Crippen MR) is 133 cm³/mol. The average molecular weight is 534 g/mol. The molecule has 0 aliphatic heterocycles. The van der Waals surface area contributed by atoms with E-state index in [1.165, 1.54) is 32.2 Å². The smallest absolute Gasteiger partial charge is 0.255 e. The van der Waals surface area contributed by atoms with Crippen LogP contribution in [0.25, 0.3) is 5.76 Å². The quantitative estimate of drug-likeness (QED) is 0.308. The number of hydrogen-bond acceptors (Lipinski definition) is 10. The lowest BCUT2D eigenvalue weighted by molar-refractivity contribution is -0.153. The molecule has 4 atom stereocenters. The van der Waals surface area contributed by atoms with Crippen LogP contribution in [0.2, 0.25) is 0 Å². The van der Waals surface area contributed by atoms with E-state index in [1.807, 2.05) is 0 Å². The Labute approximate surface area is 218 Å². The number of aromatic hydroxyl groups is 1. The maximum Gasteiger partial charge on any atom is 0.255 e. The molecule has 0 spiro atoms. The van der Waals surface area contributed by atoms with Gasteiger partial charge in [-0.2, -0.15) is 0 Å². The minimum absolute atomic E-state index is 0.0261. The van der Waals surface area contributed by atoms with Crippen LogP contribution in [0.15, 0.2) is 23.0 Å². The normalized spacial score (nSPS) is 27.0. The molecule has 0 saturated heterocycles. The number of phenols is 1. The van der Waals surface area contributed by atoms with E-state index in [-0.39, 0.29) is 42.8 Å². The Morgan fingerprint density at radius 3 is 2.45 bits per heavy atom. The first-order valence-electron chi connectivity index (χ1n) is 12.1. The van der Waals surface area contributed by atoms with Gasteiger partial charge >= 0.3 is 0 Å². The Bertz CT molecular complexity index is 1290. The Balaban J connectivity index is 1.92. The van der Waals surface area contributed by atoms with Gasteiger partial charge in [-0.1, -0.05) is 0 Å². The summed E-state index contributed by atoms with van der Waals surface area (Å²) < 4.78 is 18.5. The van der Waals surface area contributed by atoms with E-state index in [4.69, 9.17) is 10.5 Å². The number of hydrogen-bond donors (Lipinski definition) is 5. The number of carbonyl (C=O) groups excluding carboxylic acids is 3. The van der Waals surface area contributed by atoms with Gasteiger partial charge in [-0.15, -0.1) is 0 Å². The predicted octanol–water partition coefficient (Wildman–Crippen LogP) is 0.374. The second-order valence-corrected chi connectivity index (χ2v) is 10.3. The third-order valence-corrected chi connectivity index (χ3v) is 7.86. The fourth-order valence-corrected chi connectivity index (χ4v) is 6.24. The summed E-state index contributed by atoms with van der Waals surface area (Å²) >= 11 is 0. The molecule has 12 heteroatoms. The molecule has 4 rings (SSSR count). The highest BCUT2D eigenvalue weighted by Crippen LogP contribution is 2.54. The van der Waals surface area contributed by atoms with Crippen LogP contribution in [0.4, 0.5) is 4.39 Å². The van der Waals surface area contributed by atoms with Gasteiger partial charge in [0, 0.05) is 35.7 Å². The molecule has 1 fully saturated rings. The summed E-state index contributed by atoms with van der Waals surface area (Å²) in [4.78, 5) is 42.2. The van der Waals surface area contributed by atoms with E-state index in [1.54, 1.807) is 11.9 Å².